The lowest BCUT2D eigenvalue weighted by Crippen LogP contribution is -2.48. The molecule has 8 amide bonds. The van der Waals surface area contributed by atoms with Crippen LogP contribution in [0, 0.1) is 0 Å². The van der Waals surface area contributed by atoms with Crippen molar-refractivity contribution in [2.75, 3.05) is 126 Å². The summed E-state index contributed by atoms with van der Waals surface area (Å²) in [4.78, 5) is 92.0. The summed E-state index contributed by atoms with van der Waals surface area (Å²) < 4.78 is 27.6. The number of nitrogens with zero attached hydrogens (tertiary/aromatic N) is 6. The van der Waals surface area contributed by atoms with Gasteiger partial charge in [-0.05, 0) is 55.9 Å². The van der Waals surface area contributed by atoms with Crippen LogP contribution < -0.4 is 50.8 Å². The standard InChI is InChI=1S/C54H73Cl2N11O11S/c1-5-44(68)60-38-30-37(16-15-35(38)29-43-59-32-36-33-67(54(73)64(2)52(36)62-43)51-48(55)40(74-3)31-41(75-4)49(51)56)65-19-21-66(22-20-65)47(71)14-8-13-46(70)58-18-10-24-77-26-28-78-27-25-76-23-9-17-57-45(69)12-7-6-11-42-50-39(34-79-42)61-53(72)63-50/h5,15-16,30-32,39,42,50H,1,6-14,17-29,33-34H2,2-4H3,(H,57,69)(H,58,70)(H,60,68)(H2,61,63,72)/t39-,42-,50-/m0/s1. The summed E-state index contributed by atoms with van der Waals surface area (Å²) in [7, 11) is 4.51. The summed E-state index contributed by atoms with van der Waals surface area (Å²) >= 11 is 15.2. The summed E-state index contributed by atoms with van der Waals surface area (Å²) in [6.45, 7) is 9.67. The van der Waals surface area contributed by atoms with Gasteiger partial charge in [0, 0.05) is 125 Å². The Morgan fingerprint density at radius 3 is 2.11 bits per heavy atom. The molecule has 0 saturated carbocycles. The molecular weight excluding hydrogens is 1080 g/mol. The van der Waals surface area contributed by atoms with Crippen molar-refractivity contribution >= 4 is 93.5 Å². The summed E-state index contributed by atoms with van der Waals surface area (Å²) in [5.41, 5.74) is 3.03. The van der Waals surface area contributed by atoms with E-state index in [1.54, 1.807) is 19.3 Å². The smallest absolute Gasteiger partial charge is 0.330 e. The molecule has 0 bridgehead atoms. The van der Waals surface area contributed by atoms with E-state index in [9.17, 15) is 28.8 Å². The van der Waals surface area contributed by atoms with Crippen LogP contribution in [0.2, 0.25) is 10.0 Å². The molecule has 4 aliphatic heterocycles. The van der Waals surface area contributed by atoms with Gasteiger partial charge < -0.3 is 60.1 Å². The number of methoxy groups -OCH3 is 2. The van der Waals surface area contributed by atoms with Crippen molar-refractivity contribution in [3.63, 3.8) is 0 Å². The highest BCUT2D eigenvalue weighted by Crippen LogP contribution is 2.48. The number of fused-ring (bicyclic) bond motifs is 2. The third kappa shape index (κ3) is 17.0. The average molecular weight is 1160 g/mol. The number of benzene rings is 2. The number of urea groups is 2. The largest absolute Gasteiger partial charge is 0.495 e. The van der Waals surface area contributed by atoms with E-state index in [-0.39, 0.29) is 83.3 Å². The summed E-state index contributed by atoms with van der Waals surface area (Å²) in [6, 6.07) is 7.23. The highest BCUT2D eigenvalue weighted by Gasteiger charge is 2.42. The van der Waals surface area contributed by atoms with E-state index in [4.69, 9.17) is 51.9 Å². The van der Waals surface area contributed by atoms with E-state index in [2.05, 4.69) is 43.0 Å². The van der Waals surface area contributed by atoms with Crippen LogP contribution in [0.5, 0.6) is 11.5 Å². The maximum absolute atomic E-state index is 13.8. The van der Waals surface area contributed by atoms with Gasteiger partial charge in [-0.1, -0.05) is 42.3 Å². The minimum atomic E-state index is -0.428. The van der Waals surface area contributed by atoms with E-state index in [1.165, 1.54) is 30.1 Å². The Labute approximate surface area is 475 Å². The number of halogens is 2. The van der Waals surface area contributed by atoms with Crippen LogP contribution in [0.1, 0.15) is 74.7 Å². The van der Waals surface area contributed by atoms with Crippen LogP contribution in [-0.2, 0) is 46.4 Å². The van der Waals surface area contributed by atoms with Gasteiger partial charge in [0.25, 0.3) is 0 Å². The molecule has 0 spiro atoms. The molecule has 7 rings (SSSR count). The van der Waals surface area contributed by atoms with Crippen molar-refractivity contribution in [1.82, 2.24) is 36.1 Å². The molecule has 3 saturated heterocycles. The van der Waals surface area contributed by atoms with Gasteiger partial charge in [0.15, 0.2) is 0 Å². The van der Waals surface area contributed by atoms with E-state index in [0.29, 0.717) is 138 Å². The molecule has 4 aliphatic rings. The summed E-state index contributed by atoms with van der Waals surface area (Å²) in [5.74, 6) is 1.92. The van der Waals surface area contributed by atoms with Gasteiger partial charge in [0.2, 0.25) is 23.6 Å². The van der Waals surface area contributed by atoms with E-state index in [1.807, 2.05) is 34.9 Å². The first kappa shape index (κ1) is 60.5. The number of hydrogen-bond acceptors (Lipinski definition) is 15. The second kappa shape index (κ2) is 30.5. The molecule has 3 fully saturated rings. The molecule has 25 heteroatoms. The second-order valence-electron chi connectivity index (χ2n) is 19.4. The highest BCUT2D eigenvalue weighted by molar-refractivity contribution is 8.00. The molecule has 0 radical (unpaired) electrons. The number of amides is 8. The van der Waals surface area contributed by atoms with Crippen LogP contribution in [-0.4, -0.2) is 174 Å². The third-order valence-corrected chi connectivity index (χ3v) is 16.2. The lowest BCUT2D eigenvalue weighted by atomic mass is 10.0. The maximum atomic E-state index is 13.8. The molecule has 5 N–H and O–H groups in total. The number of anilines is 4. The Balaban J connectivity index is 0.719. The van der Waals surface area contributed by atoms with Crippen molar-refractivity contribution in [3.05, 3.63) is 70.1 Å². The zero-order chi connectivity index (χ0) is 56.3. The van der Waals surface area contributed by atoms with Crippen LogP contribution in [0.3, 0.4) is 0 Å². The summed E-state index contributed by atoms with van der Waals surface area (Å²) in [5, 5.41) is 15.5. The molecule has 3 aromatic rings. The quantitative estimate of drug-likeness (QED) is 0.0295. The van der Waals surface area contributed by atoms with Crippen molar-refractivity contribution < 1.29 is 52.5 Å². The van der Waals surface area contributed by atoms with E-state index < -0.39 is 6.03 Å². The average Bonchev–Trinajstić information content (AvgIpc) is 4.13. The lowest BCUT2D eigenvalue weighted by molar-refractivity contribution is -0.131. The number of rotatable bonds is 31. The number of aromatic nitrogens is 2. The summed E-state index contributed by atoms with van der Waals surface area (Å²) in [6.07, 6.45) is 8.72. The molecule has 79 heavy (non-hydrogen) atoms. The van der Waals surface area contributed by atoms with E-state index >= 15 is 0 Å². The third-order valence-electron chi connectivity index (χ3n) is 14.0. The van der Waals surface area contributed by atoms with Gasteiger partial charge in [-0.15, -0.1) is 0 Å². The second-order valence-corrected chi connectivity index (χ2v) is 21.4. The zero-order valence-corrected chi connectivity index (χ0v) is 47.5. The molecule has 2 aromatic carbocycles. The number of unbranched alkanes of at least 4 members (excludes halogenated alkanes) is 1. The van der Waals surface area contributed by atoms with Gasteiger partial charge in [-0.2, -0.15) is 11.8 Å². The van der Waals surface area contributed by atoms with Crippen LogP contribution in [0.25, 0.3) is 0 Å². The Bertz CT molecular complexity index is 2600. The number of ether oxygens (including phenoxy) is 5. The van der Waals surface area contributed by atoms with Crippen LogP contribution in [0.4, 0.5) is 32.5 Å². The molecule has 22 nitrogen and oxygen atoms in total. The van der Waals surface area contributed by atoms with Gasteiger partial charge in [0.05, 0.1) is 65.0 Å². The lowest BCUT2D eigenvalue weighted by Gasteiger charge is -2.36. The number of carbonyl (C=O) groups is 6. The van der Waals surface area contributed by atoms with Crippen molar-refractivity contribution in [2.24, 2.45) is 0 Å². The molecule has 5 heterocycles. The molecule has 0 aliphatic carbocycles. The first-order chi connectivity index (χ1) is 38.3. The first-order valence-electron chi connectivity index (χ1n) is 26.8. The van der Waals surface area contributed by atoms with Crippen LogP contribution >= 0.6 is 35.0 Å². The molecular formula is C54H73Cl2N11O11S. The van der Waals surface area contributed by atoms with E-state index in [0.717, 1.165) is 42.7 Å². The Kier molecular flexibility index (Phi) is 23.3. The number of hydrogen-bond donors (Lipinski definition) is 5. The minimum Gasteiger partial charge on any atom is -0.495 e. The maximum Gasteiger partial charge on any atom is 0.330 e. The molecule has 1 aromatic heterocycles. The fourth-order valence-corrected chi connectivity index (χ4v) is 11.9. The fourth-order valence-electron chi connectivity index (χ4n) is 9.67. The molecule has 430 valence electrons. The highest BCUT2D eigenvalue weighted by atomic mass is 35.5. The fraction of sp³-hybridized carbons (Fsp3) is 0.556. The number of thioether (sulfide) groups is 1. The first-order valence-corrected chi connectivity index (χ1v) is 28.6. The molecule has 0 unspecified atom stereocenters. The topological polar surface area (TPSA) is 247 Å². The predicted octanol–water partition coefficient (Wildman–Crippen LogP) is 5.70. The minimum absolute atomic E-state index is 0.000914. The van der Waals surface area contributed by atoms with Gasteiger partial charge >= 0.3 is 12.1 Å². The normalized spacial score (nSPS) is 17.7. The van der Waals surface area contributed by atoms with Crippen molar-refractivity contribution in [2.45, 2.75) is 88.1 Å². The SMILES string of the molecule is C=CC(=O)Nc1cc(N2CCN(C(=O)CCCC(=O)NCCCOCCOCCOCCCNC(=O)CCCC[C@@H]3SC[C@@H]4NC(=O)N[C@@H]43)CC2)ccc1Cc1ncc2c(n1)N(C)C(=O)N(c1c(Cl)c(OC)cc(OC)c1Cl)C2. The van der Waals surface area contributed by atoms with Crippen molar-refractivity contribution in [1.29, 1.82) is 0 Å². The van der Waals surface area contributed by atoms with Gasteiger partial charge in [-0.3, -0.25) is 29.0 Å². The van der Waals surface area contributed by atoms with Gasteiger partial charge in [0.1, 0.15) is 33.2 Å². The monoisotopic (exact) mass is 1150 g/mol. The Hall–Kier alpha value is -6.11. The number of carbonyl (C=O) groups excluding carboxylic acids is 6. The molecule has 3 atom stereocenters. The van der Waals surface area contributed by atoms with Gasteiger partial charge in [-0.25, -0.2) is 19.6 Å². The van der Waals surface area contributed by atoms with Crippen LogP contribution in [0.15, 0.2) is 43.1 Å². The predicted molar refractivity (Wildman–Crippen MR) is 304 cm³/mol. The Morgan fingerprint density at radius 2 is 1.47 bits per heavy atom. The van der Waals surface area contributed by atoms with Crippen molar-refractivity contribution in [3.8, 4) is 11.5 Å². The number of nitrogens with one attached hydrogen (secondary N) is 5. The zero-order valence-electron chi connectivity index (χ0n) is 45.2. The number of piperazine rings is 1. The Morgan fingerprint density at radius 1 is 0.823 bits per heavy atom.